The first-order chi connectivity index (χ1) is 8.93. The Kier molecular flexibility index (Phi) is 5.82. The second-order valence-corrected chi connectivity index (χ2v) is 5.15. The van der Waals surface area contributed by atoms with Gasteiger partial charge in [-0.3, -0.25) is 0 Å². The number of halogens is 1. The number of aliphatic carboxylic acids is 1. The van der Waals surface area contributed by atoms with Gasteiger partial charge < -0.3 is 15.7 Å². The average molecular weight is 329 g/mol. The van der Waals surface area contributed by atoms with E-state index in [1.807, 2.05) is 26.0 Å². The van der Waals surface area contributed by atoms with Crippen molar-refractivity contribution in [3.05, 3.63) is 28.2 Å². The van der Waals surface area contributed by atoms with Crippen LogP contribution in [0.2, 0.25) is 0 Å². The number of carbonyl (C=O) groups is 2. The molecule has 3 N–H and O–H groups in total. The van der Waals surface area contributed by atoms with Crippen LogP contribution in [0.5, 0.6) is 0 Å². The Balaban J connectivity index is 2.68. The molecule has 1 aromatic rings. The lowest BCUT2D eigenvalue weighted by Gasteiger charge is -2.15. The summed E-state index contributed by atoms with van der Waals surface area (Å²) in [5.74, 6) is -1.03. The third-order valence-electron chi connectivity index (χ3n) is 2.63. The molecule has 0 fully saturated rings. The van der Waals surface area contributed by atoms with Gasteiger partial charge in [0.1, 0.15) is 6.04 Å². The van der Waals surface area contributed by atoms with Crippen LogP contribution in [-0.2, 0) is 4.79 Å². The van der Waals surface area contributed by atoms with Gasteiger partial charge in [0, 0.05) is 10.2 Å². The molecule has 1 atom stereocenters. The first-order valence-electron chi connectivity index (χ1n) is 6.00. The molecule has 2 amide bonds. The lowest BCUT2D eigenvalue weighted by molar-refractivity contribution is -0.139. The maximum absolute atomic E-state index is 11.8. The summed E-state index contributed by atoms with van der Waals surface area (Å²) in [4.78, 5) is 22.7. The molecule has 5 nitrogen and oxygen atoms in total. The van der Waals surface area contributed by atoms with Crippen molar-refractivity contribution in [2.75, 3.05) is 5.32 Å². The van der Waals surface area contributed by atoms with Crippen molar-refractivity contribution in [1.82, 2.24) is 5.32 Å². The average Bonchev–Trinajstić information content (AvgIpc) is 2.33. The van der Waals surface area contributed by atoms with Crippen molar-refractivity contribution in [3.8, 4) is 0 Å². The second kappa shape index (κ2) is 7.13. The number of aryl methyl sites for hydroxylation is 1. The highest BCUT2D eigenvalue weighted by Gasteiger charge is 2.18. The van der Waals surface area contributed by atoms with Gasteiger partial charge in [0.15, 0.2) is 0 Å². The van der Waals surface area contributed by atoms with E-state index in [0.717, 1.165) is 10.0 Å². The zero-order valence-electron chi connectivity index (χ0n) is 10.9. The highest BCUT2D eigenvalue weighted by atomic mass is 79.9. The predicted octanol–water partition coefficient (Wildman–Crippen LogP) is 3.13. The van der Waals surface area contributed by atoms with E-state index in [-0.39, 0.29) is 0 Å². The summed E-state index contributed by atoms with van der Waals surface area (Å²) in [6.07, 6.45) is 1.09. The van der Waals surface area contributed by atoms with E-state index in [9.17, 15) is 9.59 Å². The van der Waals surface area contributed by atoms with E-state index < -0.39 is 18.0 Å². The minimum Gasteiger partial charge on any atom is -0.480 e. The molecule has 0 aliphatic heterocycles. The number of hydrogen-bond acceptors (Lipinski definition) is 2. The molecule has 0 radical (unpaired) electrons. The number of carboxylic acids is 1. The first kappa shape index (κ1) is 15.5. The minimum atomic E-state index is -1.03. The Bertz CT molecular complexity index is 477. The van der Waals surface area contributed by atoms with Gasteiger partial charge >= 0.3 is 12.0 Å². The molecular formula is C13H17BrN2O3. The largest absolute Gasteiger partial charge is 0.480 e. The van der Waals surface area contributed by atoms with Crippen molar-refractivity contribution in [3.63, 3.8) is 0 Å². The molecule has 0 heterocycles. The van der Waals surface area contributed by atoms with Crippen LogP contribution in [0.4, 0.5) is 10.5 Å². The van der Waals surface area contributed by atoms with E-state index in [1.165, 1.54) is 0 Å². The maximum Gasteiger partial charge on any atom is 0.326 e. The maximum atomic E-state index is 11.8. The van der Waals surface area contributed by atoms with Crippen LogP contribution >= 0.6 is 15.9 Å². The normalized spacial score (nSPS) is 11.7. The topological polar surface area (TPSA) is 78.4 Å². The summed E-state index contributed by atoms with van der Waals surface area (Å²) in [7, 11) is 0. The van der Waals surface area contributed by atoms with Crippen LogP contribution in [-0.4, -0.2) is 23.1 Å². The quantitative estimate of drug-likeness (QED) is 0.776. The van der Waals surface area contributed by atoms with Crippen molar-refractivity contribution in [2.45, 2.75) is 32.7 Å². The highest BCUT2D eigenvalue weighted by molar-refractivity contribution is 9.10. The smallest absolute Gasteiger partial charge is 0.326 e. The number of benzene rings is 1. The number of hydrogen-bond donors (Lipinski definition) is 3. The Labute approximate surface area is 120 Å². The van der Waals surface area contributed by atoms with Gasteiger partial charge in [0.2, 0.25) is 0 Å². The summed E-state index contributed by atoms with van der Waals surface area (Å²) < 4.78 is 0.844. The molecule has 0 aliphatic rings. The SMILES string of the molecule is CCCC(NC(=O)Nc1cc(Br)ccc1C)C(=O)O. The predicted molar refractivity (Wildman–Crippen MR) is 77.4 cm³/mol. The van der Waals surface area contributed by atoms with Crippen LogP contribution in [0, 0.1) is 6.92 Å². The Morgan fingerprint density at radius 2 is 2.11 bits per heavy atom. The summed E-state index contributed by atoms with van der Waals surface area (Å²) in [5, 5.41) is 14.1. The lowest BCUT2D eigenvalue weighted by Crippen LogP contribution is -2.42. The van der Waals surface area contributed by atoms with Crippen molar-refractivity contribution >= 4 is 33.6 Å². The zero-order valence-corrected chi connectivity index (χ0v) is 12.5. The first-order valence-corrected chi connectivity index (χ1v) is 6.79. The van der Waals surface area contributed by atoms with Gasteiger partial charge in [0.25, 0.3) is 0 Å². The number of urea groups is 1. The Morgan fingerprint density at radius 1 is 1.42 bits per heavy atom. The lowest BCUT2D eigenvalue weighted by atomic mass is 10.2. The molecule has 6 heteroatoms. The molecule has 0 bridgehead atoms. The number of rotatable bonds is 5. The molecule has 1 aromatic carbocycles. The van der Waals surface area contributed by atoms with Gasteiger partial charge in [-0.2, -0.15) is 0 Å². The van der Waals surface area contributed by atoms with E-state index in [1.54, 1.807) is 6.07 Å². The van der Waals surface area contributed by atoms with Gasteiger partial charge in [-0.1, -0.05) is 35.3 Å². The molecule has 0 aromatic heterocycles. The molecule has 0 aliphatic carbocycles. The van der Waals surface area contributed by atoms with Crippen LogP contribution < -0.4 is 10.6 Å². The number of carboxylic acid groups (broad SMARTS) is 1. The molecule has 0 saturated heterocycles. The van der Waals surface area contributed by atoms with Crippen molar-refractivity contribution in [2.24, 2.45) is 0 Å². The fourth-order valence-electron chi connectivity index (χ4n) is 1.59. The number of anilines is 1. The number of nitrogens with one attached hydrogen (secondary N) is 2. The van der Waals surface area contributed by atoms with E-state index >= 15 is 0 Å². The molecule has 19 heavy (non-hydrogen) atoms. The summed E-state index contributed by atoms with van der Waals surface area (Å²) >= 11 is 3.32. The Hall–Kier alpha value is -1.56. The monoisotopic (exact) mass is 328 g/mol. The van der Waals surface area contributed by atoms with Crippen LogP contribution in [0.15, 0.2) is 22.7 Å². The van der Waals surface area contributed by atoms with Crippen LogP contribution in [0.25, 0.3) is 0 Å². The van der Waals surface area contributed by atoms with E-state index in [0.29, 0.717) is 18.5 Å². The van der Waals surface area contributed by atoms with Crippen LogP contribution in [0.3, 0.4) is 0 Å². The Morgan fingerprint density at radius 3 is 2.68 bits per heavy atom. The fourth-order valence-corrected chi connectivity index (χ4v) is 1.95. The van der Waals surface area contributed by atoms with E-state index in [2.05, 4.69) is 26.6 Å². The third-order valence-corrected chi connectivity index (χ3v) is 3.12. The van der Waals surface area contributed by atoms with Crippen molar-refractivity contribution < 1.29 is 14.7 Å². The fraction of sp³-hybridized carbons (Fsp3) is 0.385. The second-order valence-electron chi connectivity index (χ2n) is 4.24. The van der Waals surface area contributed by atoms with Crippen LogP contribution in [0.1, 0.15) is 25.3 Å². The molecule has 104 valence electrons. The van der Waals surface area contributed by atoms with Gasteiger partial charge in [-0.25, -0.2) is 9.59 Å². The van der Waals surface area contributed by atoms with Gasteiger partial charge in [-0.05, 0) is 31.0 Å². The highest BCUT2D eigenvalue weighted by Crippen LogP contribution is 2.20. The number of carbonyl (C=O) groups excluding carboxylic acids is 1. The summed E-state index contributed by atoms with van der Waals surface area (Å²) in [5.41, 5.74) is 1.55. The molecule has 1 rings (SSSR count). The van der Waals surface area contributed by atoms with Gasteiger partial charge in [0.05, 0.1) is 0 Å². The molecule has 0 saturated carbocycles. The summed E-state index contributed by atoms with van der Waals surface area (Å²) in [6.45, 7) is 3.73. The van der Waals surface area contributed by atoms with E-state index in [4.69, 9.17) is 5.11 Å². The van der Waals surface area contributed by atoms with Crippen molar-refractivity contribution in [1.29, 1.82) is 0 Å². The minimum absolute atomic E-state index is 0.403. The van der Waals surface area contributed by atoms with Gasteiger partial charge in [-0.15, -0.1) is 0 Å². The molecule has 1 unspecified atom stereocenters. The summed E-state index contributed by atoms with van der Waals surface area (Å²) in [6, 6.07) is 4.13. The zero-order chi connectivity index (χ0) is 14.4. The molecule has 0 spiro atoms. The standard InChI is InChI=1S/C13H17BrN2O3/c1-3-4-10(12(17)18)15-13(19)16-11-7-9(14)6-5-8(11)2/h5-7,10H,3-4H2,1-2H3,(H,17,18)(H2,15,16,19). The molecular weight excluding hydrogens is 312 g/mol. The third kappa shape index (κ3) is 4.90. The number of amides is 2.